The zero-order chi connectivity index (χ0) is 12.8. The van der Waals surface area contributed by atoms with Gasteiger partial charge in [0, 0.05) is 6.08 Å². The van der Waals surface area contributed by atoms with Gasteiger partial charge >= 0.3 is 5.97 Å². The molecule has 1 spiro atoms. The fourth-order valence-corrected chi connectivity index (χ4v) is 2.55. The van der Waals surface area contributed by atoms with E-state index in [2.05, 4.69) is 0 Å². The summed E-state index contributed by atoms with van der Waals surface area (Å²) in [7, 11) is 0. The Labute approximate surface area is 109 Å². The van der Waals surface area contributed by atoms with Crippen molar-refractivity contribution in [3.05, 3.63) is 48.0 Å². The van der Waals surface area contributed by atoms with E-state index in [1.165, 1.54) is 12.2 Å². The zero-order valence-electron chi connectivity index (χ0n) is 9.32. The van der Waals surface area contributed by atoms with Crippen molar-refractivity contribution < 1.29 is 19.4 Å². The van der Waals surface area contributed by atoms with Crippen molar-refractivity contribution in [2.24, 2.45) is 0 Å². The van der Waals surface area contributed by atoms with E-state index in [1.54, 1.807) is 0 Å². The van der Waals surface area contributed by atoms with Gasteiger partial charge in [-0.1, -0.05) is 30.3 Å². The first-order chi connectivity index (χ1) is 8.62. The summed E-state index contributed by atoms with van der Waals surface area (Å²) in [6, 6.07) is 9.22. The van der Waals surface area contributed by atoms with E-state index < -0.39 is 29.3 Å². The second kappa shape index (κ2) is 4.09. The van der Waals surface area contributed by atoms with Gasteiger partial charge in [-0.2, -0.15) is 0 Å². The highest BCUT2D eigenvalue weighted by molar-refractivity contribution is 6.22. The molecular weight excluding hydrogens is 256 g/mol. The van der Waals surface area contributed by atoms with Crippen LogP contribution in [0.5, 0.6) is 0 Å². The minimum absolute atomic E-state index is 0.512. The highest BCUT2D eigenvalue weighted by Crippen LogP contribution is 2.46. The number of benzene rings is 1. The monoisotopic (exact) mass is 266 g/mol. The van der Waals surface area contributed by atoms with Crippen LogP contribution in [0, 0.1) is 0 Å². The van der Waals surface area contributed by atoms with Crippen LogP contribution in [0.15, 0.2) is 42.5 Å². The molecule has 0 aromatic heterocycles. The molecule has 1 N–H and O–H groups in total. The third-order valence-corrected chi connectivity index (χ3v) is 3.71. The number of aliphatic hydroxyl groups is 1. The molecule has 18 heavy (non-hydrogen) atoms. The lowest BCUT2D eigenvalue weighted by Gasteiger charge is -2.23. The molecular formula is C13H11ClO4. The lowest BCUT2D eigenvalue weighted by molar-refractivity contribution is -0.192. The van der Waals surface area contributed by atoms with Crippen molar-refractivity contribution in [1.29, 1.82) is 0 Å². The van der Waals surface area contributed by atoms with Crippen LogP contribution >= 0.6 is 11.6 Å². The number of hydrogen-bond donors (Lipinski definition) is 1. The van der Waals surface area contributed by atoms with Crippen molar-refractivity contribution in [3.63, 3.8) is 0 Å². The topological polar surface area (TPSA) is 55.8 Å². The fraction of sp³-hybridized carbons (Fsp3) is 0.308. The molecule has 1 fully saturated rings. The summed E-state index contributed by atoms with van der Waals surface area (Å²) in [6.07, 6.45) is 1.17. The zero-order valence-corrected chi connectivity index (χ0v) is 10.1. The molecule has 4 nitrogen and oxygen atoms in total. The predicted molar refractivity (Wildman–Crippen MR) is 63.9 cm³/mol. The van der Waals surface area contributed by atoms with Crippen LogP contribution in [-0.4, -0.2) is 28.3 Å². The van der Waals surface area contributed by atoms with Gasteiger partial charge in [0.05, 0.1) is 0 Å². The summed E-state index contributed by atoms with van der Waals surface area (Å²) in [5.74, 6) is -1.86. The van der Waals surface area contributed by atoms with Crippen LogP contribution in [0.2, 0.25) is 0 Å². The van der Waals surface area contributed by atoms with Gasteiger partial charge in [-0.25, -0.2) is 4.79 Å². The van der Waals surface area contributed by atoms with Crippen molar-refractivity contribution in [3.8, 4) is 0 Å². The van der Waals surface area contributed by atoms with Crippen molar-refractivity contribution in [2.75, 3.05) is 0 Å². The van der Waals surface area contributed by atoms with E-state index in [0.717, 1.165) is 5.56 Å². The number of carbonyl (C=O) groups is 1. The smallest absolute Gasteiger partial charge is 0.333 e. The number of halogens is 1. The molecule has 0 radical (unpaired) electrons. The molecule has 5 heteroatoms. The molecule has 3 rings (SSSR count). The Balaban J connectivity index is 1.93. The summed E-state index contributed by atoms with van der Waals surface area (Å²) in [5, 5.41) is 9.31. The van der Waals surface area contributed by atoms with E-state index in [4.69, 9.17) is 21.1 Å². The molecule has 1 aromatic rings. The predicted octanol–water partition coefficient (Wildman–Crippen LogP) is 1.54. The number of ether oxygens (including phenoxy) is 2. The van der Waals surface area contributed by atoms with E-state index >= 15 is 0 Å². The molecule has 0 bridgehead atoms. The van der Waals surface area contributed by atoms with Gasteiger partial charge in [-0.3, -0.25) is 0 Å². The molecule has 0 amide bonds. The molecule has 2 aliphatic rings. The second-order valence-electron chi connectivity index (χ2n) is 4.32. The van der Waals surface area contributed by atoms with Crippen LogP contribution in [-0.2, 0) is 14.3 Å². The number of aliphatic hydroxyl groups excluding tert-OH is 1. The van der Waals surface area contributed by atoms with Crippen LogP contribution in [0.4, 0.5) is 0 Å². The number of rotatable bonds is 1. The highest BCUT2D eigenvalue weighted by Gasteiger charge is 2.57. The van der Waals surface area contributed by atoms with Gasteiger partial charge in [0.15, 0.2) is 0 Å². The summed E-state index contributed by atoms with van der Waals surface area (Å²) < 4.78 is 10.8. The highest BCUT2D eigenvalue weighted by atomic mass is 35.5. The van der Waals surface area contributed by atoms with Crippen molar-refractivity contribution in [1.82, 2.24) is 0 Å². The van der Waals surface area contributed by atoms with Crippen LogP contribution in [0.1, 0.15) is 11.7 Å². The lowest BCUT2D eigenvalue weighted by atomic mass is 10.0. The molecule has 2 aliphatic heterocycles. The minimum atomic E-state index is -1.35. The molecule has 0 unspecified atom stereocenters. The molecule has 0 aliphatic carbocycles. The average Bonchev–Trinajstić information content (AvgIpc) is 2.88. The Bertz CT molecular complexity index is 501. The Hall–Kier alpha value is -1.36. The standard InChI is InChI=1S/C13H11ClO4/c14-12-10(16)11(8-4-2-1-3-5-8)18-13(12)7-6-9(15)17-13/h1-7,10-12,16H/t10-,11+,12+,13-/m1/s1. The second-order valence-corrected chi connectivity index (χ2v) is 4.79. The maximum absolute atomic E-state index is 11.2. The summed E-state index contributed by atoms with van der Waals surface area (Å²) in [6.45, 7) is 0. The summed E-state index contributed by atoms with van der Waals surface area (Å²) >= 11 is 6.13. The number of carbonyl (C=O) groups excluding carboxylic acids is 1. The van der Waals surface area contributed by atoms with Crippen LogP contribution in [0.25, 0.3) is 0 Å². The fourth-order valence-electron chi connectivity index (χ4n) is 2.25. The van der Waals surface area contributed by atoms with E-state index in [-0.39, 0.29) is 0 Å². The van der Waals surface area contributed by atoms with Crippen LogP contribution < -0.4 is 0 Å². The van der Waals surface area contributed by atoms with Gasteiger partial charge in [-0.15, -0.1) is 11.6 Å². The van der Waals surface area contributed by atoms with E-state index in [1.807, 2.05) is 30.3 Å². The number of hydrogen-bond acceptors (Lipinski definition) is 4. The average molecular weight is 267 g/mol. The first kappa shape index (κ1) is 11.7. The number of esters is 1. The largest absolute Gasteiger partial charge is 0.424 e. The van der Waals surface area contributed by atoms with E-state index in [0.29, 0.717) is 0 Å². The lowest BCUT2D eigenvalue weighted by Crippen LogP contribution is -2.38. The Morgan fingerprint density at radius 2 is 2.00 bits per heavy atom. The molecule has 0 saturated carbocycles. The van der Waals surface area contributed by atoms with Crippen molar-refractivity contribution >= 4 is 17.6 Å². The molecule has 2 heterocycles. The number of alkyl halides is 1. The molecule has 1 aromatic carbocycles. The quantitative estimate of drug-likeness (QED) is 0.619. The molecule has 94 valence electrons. The van der Waals surface area contributed by atoms with Gasteiger partial charge in [0.2, 0.25) is 0 Å². The first-order valence-corrected chi connectivity index (χ1v) is 6.03. The first-order valence-electron chi connectivity index (χ1n) is 5.59. The Kier molecular flexibility index (Phi) is 2.66. The van der Waals surface area contributed by atoms with Gasteiger partial charge in [0.25, 0.3) is 5.79 Å². The van der Waals surface area contributed by atoms with Crippen molar-refractivity contribution in [2.45, 2.75) is 23.4 Å². The van der Waals surface area contributed by atoms with Gasteiger partial charge in [0.1, 0.15) is 17.6 Å². The maximum atomic E-state index is 11.2. The van der Waals surface area contributed by atoms with Gasteiger partial charge < -0.3 is 14.6 Å². The third kappa shape index (κ3) is 1.65. The minimum Gasteiger partial charge on any atom is -0.424 e. The van der Waals surface area contributed by atoms with E-state index in [9.17, 15) is 9.90 Å². The SMILES string of the molecule is O=C1C=C[C@@]2(O1)O[C@@H](c1ccccc1)[C@@H](O)[C@@H]2Cl. The maximum Gasteiger partial charge on any atom is 0.333 e. The molecule has 4 atom stereocenters. The Morgan fingerprint density at radius 1 is 1.28 bits per heavy atom. The Morgan fingerprint density at radius 3 is 2.61 bits per heavy atom. The van der Waals surface area contributed by atoms with Gasteiger partial charge in [-0.05, 0) is 11.6 Å². The summed E-state index contributed by atoms with van der Waals surface area (Å²) in [5.41, 5.74) is 0.795. The summed E-state index contributed by atoms with van der Waals surface area (Å²) in [4.78, 5) is 11.2. The third-order valence-electron chi connectivity index (χ3n) is 3.15. The molecule has 1 saturated heterocycles. The van der Waals surface area contributed by atoms with Crippen LogP contribution in [0.3, 0.4) is 0 Å². The normalized spacial score (nSPS) is 38.3.